The van der Waals surface area contributed by atoms with Crippen LogP contribution >= 0.6 is 0 Å². The number of nitrogens with zero attached hydrogens (tertiary/aromatic N) is 3. The Morgan fingerprint density at radius 2 is 2.43 bits per heavy atom. The predicted octanol–water partition coefficient (Wildman–Crippen LogP) is 0.997. The number of rotatable bonds is 1. The molecule has 2 heterocycles. The summed E-state index contributed by atoms with van der Waals surface area (Å²) >= 11 is 0. The van der Waals surface area contributed by atoms with E-state index in [1.807, 2.05) is 4.90 Å². The van der Waals surface area contributed by atoms with Crippen LogP contribution in [-0.4, -0.2) is 29.2 Å². The average molecular weight is 196 g/mol. The maximum Gasteiger partial charge on any atom is 0.227 e. The number of piperidine rings is 1. The molecule has 0 saturated carbocycles. The van der Waals surface area contributed by atoms with E-state index >= 15 is 0 Å². The van der Waals surface area contributed by atoms with E-state index in [2.05, 4.69) is 9.97 Å². The highest BCUT2D eigenvalue weighted by atomic mass is 19.1. The van der Waals surface area contributed by atoms with Gasteiger partial charge in [-0.3, -0.25) is 0 Å². The van der Waals surface area contributed by atoms with Gasteiger partial charge in [0.25, 0.3) is 0 Å². The standard InChI is InChI=1S/C9H13FN4/c10-7-2-1-5-14(6-7)9-12-4-3-8(11)13-9/h3-4,7H,1-2,5-6H2,(H2,11,12,13)/t7-/m0/s1. The van der Waals surface area contributed by atoms with Crippen LogP contribution in [0.15, 0.2) is 12.3 Å². The minimum absolute atomic E-state index is 0.378. The van der Waals surface area contributed by atoms with Gasteiger partial charge in [-0.05, 0) is 18.9 Å². The monoisotopic (exact) mass is 196 g/mol. The topological polar surface area (TPSA) is 55.0 Å². The third-order valence-electron chi connectivity index (χ3n) is 2.31. The lowest BCUT2D eigenvalue weighted by Gasteiger charge is -2.28. The minimum atomic E-state index is -0.770. The normalized spacial score (nSPS) is 22.4. The van der Waals surface area contributed by atoms with Crippen LogP contribution in [0.2, 0.25) is 0 Å². The fraction of sp³-hybridized carbons (Fsp3) is 0.556. The number of nitrogen functional groups attached to an aromatic ring is 1. The van der Waals surface area contributed by atoms with Crippen molar-refractivity contribution in [2.75, 3.05) is 23.7 Å². The van der Waals surface area contributed by atoms with Crippen molar-refractivity contribution in [2.24, 2.45) is 0 Å². The maximum atomic E-state index is 13.1. The molecule has 1 aromatic heterocycles. The van der Waals surface area contributed by atoms with Gasteiger partial charge in [-0.1, -0.05) is 0 Å². The number of aromatic nitrogens is 2. The van der Waals surface area contributed by atoms with Crippen molar-refractivity contribution in [1.29, 1.82) is 0 Å². The van der Waals surface area contributed by atoms with Gasteiger partial charge in [-0.25, -0.2) is 9.37 Å². The molecule has 4 nitrogen and oxygen atoms in total. The molecule has 1 aromatic rings. The molecule has 0 aromatic carbocycles. The van der Waals surface area contributed by atoms with Crippen molar-refractivity contribution in [2.45, 2.75) is 19.0 Å². The molecular formula is C9H13FN4. The molecule has 1 atom stereocenters. The number of anilines is 2. The molecule has 5 heteroatoms. The Morgan fingerprint density at radius 1 is 1.57 bits per heavy atom. The molecular weight excluding hydrogens is 183 g/mol. The molecule has 76 valence electrons. The maximum absolute atomic E-state index is 13.1. The van der Waals surface area contributed by atoms with Gasteiger partial charge in [0.1, 0.15) is 12.0 Å². The molecule has 1 fully saturated rings. The van der Waals surface area contributed by atoms with Crippen molar-refractivity contribution in [3.8, 4) is 0 Å². The van der Waals surface area contributed by atoms with Crippen LogP contribution in [-0.2, 0) is 0 Å². The zero-order valence-electron chi connectivity index (χ0n) is 7.86. The molecule has 14 heavy (non-hydrogen) atoms. The van der Waals surface area contributed by atoms with Crippen LogP contribution < -0.4 is 10.6 Å². The van der Waals surface area contributed by atoms with Gasteiger partial charge < -0.3 is 10.6 Å². The highest BCUT2D eigenvalue weighted by Gasteiger charge is 2.20. The van der Waals surface area contributed by atoms with Crippen LogP contribution in [0.5, 0.6) is 0 Å². The summed E-state index contributed by atoms with van der Waals surface area (Å²) in [4.78, 5) is 9.96. The summed E-state index contributed by atoms with van der Waals surface area (Å²) < 4.78 is 13.1. The van der Waals surface area contributed by atoms with Crippen LogP contribution in [0, 0.1) is 0 Å². The molecule has 2 N–H and O–H groups in total. The lowest BCUT2D eigenvalue weighted by atomic mass is 10.1. The Hall–Kier alpha value is -1.39. The molecule has 1 aliphatic heterocycles. The van der Waals surface area contributed by atoms with Crippen LogP contribution in [0.1, 0.15) is 12.8 Å². The summed E-state index contributed by atoms with van der Waals surface area (Å²) in [5.74, 6) is 0.961. The molecule has 1 aliphatic rings. The fourth-order valence-electron chi connectivity index (χ4n) is 1.62. The number of halogens is 1. The van der Waals surface area contributed by atoms with E-state index in [-0.39, 0.29) is 0 Å². The van der Waals surface area contributed by atoms with Crippen molar-refractivity contribution in [1.82, 2.24) is 9.97 Å². The Balaban J connectivity index is 2.14. The number of alkyl halides is 1. The van der Waals surface area contributed by atoms with E-state index in [0.29, 0.717) is 24.7 Å². The lowest BCUT2D eigenvalue weighted by molar-refractivity contribution is 0.285. The minimum Gasteiger partial charge on any atom is -0.384 e. The second-order valence-corrected chi connectivity index (χ2v) is 3.47. The second-order valence-electron chi connectivity index (χ2n) is 3.47. The number of hydrogen-bond donors (Lipinski definition) is 1. The van der Waals surface area contributed by atoms with Gasteiger partial charge in [0.15, 0.2) is 0 Å². The smallest absolute Gasteiger partial charge is 0.227 e. The first-order chi connectivity index (χ1) is 6.75. The van der Waals surface area contributed by atoms with E-state index in [4.69, 9.17) is 5.73 Å². The molecule has 0 radical (unpaired) electrons. The molecule has 0 amide bonds. The highest BCUT2D eigenvalue weighted by molar-refractivity contribution is 5.38. The van der Waals surface area contributed by atoms with Crippen molar-refractivity contribution in [3.05, 3.63) is 12.3 Å². The third kappa shape index (κ3) is 1.92. The average Bonchev–Trinajstić information content (AvgIpc) is 2.18. The molecule has 0 bridgehead atoms. The van der Waals surface area contributed by atoms with E-state index < -0.39 is 6.17 Å². The summed E-state index contributed by atoms with van der Waals surface area (Å²) in [7, 11) is 0. The largest absolute Gasteiger partial charge is 0.384 e. The fourth-order valence-corrected chi connectivity index (χ4v) is 1.62. The van der Waals surface area contributed by atoms with E-state index in [9.17, 15) is 4.39 Å². The Bertz CT molecular complexity index is 317. The van der Waals surface area contributed by atoms with E-state index in [1.54, 1.807) is 12.3 Å². The molecule has 2 rings (SSSR count). The van der Waals surface area contributed by atoms with Crippen molar-refractivity contribution >= 4 is 11.8 Å². The molecule has 0 aliphatic carbocycles. The first-order valence-electron chi connectivity index (χ1n) is 4.73. The SMILES string of the molecule is Nc1ccnc(N2CCC[C@H](F)C2)n1. The van der Waals surface area contributed by atoms with Crippen molar-refractivity contribution < 1.29 is 4.39 Å². The van der Waals surface area contributed by atoms with Gasteiger partial charge in [-0.15, -0.1) is 0 Å². The highest BCUT2D eigenvalue weighted by Crippen LogP contribution is 2.17. The Labute approximate surface area is 82.0 Å². The van der Waals surface area contributed by atoms with Gasteiger partial charge in [0, 0.05) is 12.7 Å². The number of nitrogens with two attached hydrogens (primary N) is 1. The van der Waals surface area contributed by atoms with Gasteiger partial charge >= 0.3 is 0 Å². The Morgan fingerprint density at radius 3 is 3.14 bits per heavy atom. The van der Waals surface area contributed by atoms with Gasteiger partial charge in [-0.2, -0.15) is 4.98 Å². The molecule has 1 saturated heterocycles. The summed E-state index contributed by atoms with van der Waals surface area (Å²) in [5, 5.41) is 0. The summed E-state index contributed by atoms with van der Waals surface area (Å²) in [6, 6.07) is 1.63. The van der Waals surface area contributed by atoms with E-state index in [1.165, 1.54) is 0 Å². The molecule has 0 unspecified atom stereocenters. The Kier molecular flexibility index (Phi) is 2.47. The summed E-state index contributed by atoms with van der Waals surface area (Å²) in [6.45, 7) is 1.19. The lowest BCUT2D eigenvalue weighted by Crippen LogP contribution is -2.37. The summed E-state index contributed by atoms with van der Waals surface area (Å²) in [6.07, 6.45) is 2.31. The first kappa shape index (κ1) is 9.18. The zero-order valence-corrected chi connectivity index (χ0v) is 7.86. The third-order valence-corrected chi connectivity index (χ3v) is 2.31. The van der Waals surface area contributed by atoms with Gasteiger partial charge in [0.05, 0.1) is 6.54 Å². The van der Waals surface area contributed by atoms with E-state index in [0.717, 1.165) is 13.0 Å². The van der Waals surface area contributed by atoms with Crippen LogP contribution in [0.3, 0.4) is 0 Å². The molecule has 0 spiro atoms. The quantitative estimate of drug-likeness (QED) is 0.728. The number of hydrogen-bond acceptors (Lipinski definition) is 4. The second kappa shape index (κ2) is 3.77. The first-order valence-corrected chi connectivity index (χ1v) is 4.73. The van der Waals surface area contributed by atoms with Crippen molar-refractivity contribution in [3.63, 3.8) is 0 Å². The van der Waals surface area contributed by atoms with Gasteiger partial charge in [0.2, 0.25) is 5.95 Å². The zero-order chi connectivity index (χ0) is 9.97. The van der Waals surface area contributed by atoms with Crippen LogP contribution in [0.4, 0.5) is 16.2 Å². The predicted molar refractivity (Wildman–Crippen MR) is 52.8 cm³/mol. The summed E-state index contributed by atoms with van der Waals surface area (Å²) in [5.41, 5.74) is 5.53. The van der Waals surface area contributed by atoms with Crippen LogP contribution in [0.25, 0.3) is 0 Å².